The number of hydrogen-bond donors (Lipinski definition) is 0. The van der Waals surface area contributed by atoms with Gasteiger partial charge in [-0.25, -0.2) is 0 Å². The van der Waals surface area contributed by atoms with Crippen LogP contribution in [0.1, 0.15) is 12.6 Å². The van der Waals surface area contributed by atoms with Crippen molar-refractivity contribution in [3.63, 3.8) is 0 Å². The molecular formula is C14H17NO3. The molecule has 1 aromatic heterocycles. The summed E-state index contributed by atoms with van der Waals surface area (Å²) in [5.41, 5.74) is 1.02. The smallest absolute Gasteiger partial charge is 0.203 e. The molecule has 0 bridgehead atoms. The summed E-state index contributed by atoms with van der Waals surface area (Å²) in [6.07, 6.45) is 2.64. The molecule has 1 heterocycles. The predicted octanol–water partition coefficient (Wildman–Crippen LogP) is 2.82. The van der Waals surface area contributed by atoms with Crippen LogP contribution in [0.5, 0.6) is 17.2 Å². The number of nitrogens with zero attached hydrogens (tertiary/aromatic N) is 1. The zero-order chi connectivity index (χ0) is 13.1. The van der Waals surface area contributed by atoms with Crippen molar-refractivity contribution in [1.82, 2.24) is 4.98 Å². The second kappa shape index (κ2) is 5.12. The Morgan fingerprint density at radius 3 is 2.28 bits per heavy atom. The maximum atomic E-state index is 5.46. The van der Waals surface area contributed by atoms with E-state index in [9.17, 15) is 0 Å². The molecule has 0 amide bonds. The molecule has 18 heavy (non-hydrogen) atoms. The molecule has 0 unspecified atom stereocenters. The highest BCUT2D eigenvalue weighted by Crippen LogP contribution is 2.43. The van der Waals surface area contributed by atoms with Crippen molar-refractivity contribution < 1.29 is 14.2 Å². The predicted molar refractivity (Wildman–Crippen MR) is 70.8 cm³/mol. The van der Waals surface area contributed by atoms with E-state index in [4.69, 9.17) is 14.2 Å². The summed E-state index contributed by atoms with van der Waals surface area (Å²) in [7, 11) is 4.85. The number of fused-ring (bicyclic) bond motifs is 1. The summed E-state index contributed by atoms with van der Waals surface area (Å²) in [4.78, 5) is 4.38. The van der Waals surface area contributed by atoms with Crippen LogP contribution in [0.4, 0.5) is 0 Å². The minimum absolute atomic E-state index is 0.612. The number of benzene rings is 1. The van der Waals surface area contributed by atoms with Crippen LogP contribution in [0.25, 0.3) is 10.8 Å². The average Bonchev–Trinajstić information content (AvgIpc) is 2.44. The number of hydrogen-bond acceptors (Lipinski definition) is 4. The lowest BCUT2D eigenvalue weighted by Gasteiger charge is -2.15. The molecule has 0 aliphatic heterocycles. The molecule has 2 rings (SSSR count). The van der Waals surface area contributed by atoms with Crippen molar-refractivity contribution >= 4 is 10.8 Å². The fraction of sp³-hybridized carbons (Fsp3) is 0.357. The first-order valence-corrected chi connectivity index (χ1v) is 5.83. The van der Waals surface area contributed by atoms with Crippen LogP contribution in [0.2, 0.25) is 0 Å². The van der Waals surface area contributed by atoms with E-state index in [0.29, 0.717) is 17.2 Å². The molecule has 0 atom stereocenters. The van der Waals surface area contributed by atoms with Gasteiger partial charge in [0, 0.05) is 22.7 Å². The Morgan fingerprint density at radius 2 is 1.72 bits per heavy atom. The zero-order valence-corrected chi connectivity index (χ0v) is 11.1. The van der Waals surface area contributed by atoms with Crippen LogP contribution < -0.4 is 14.2 Å². The number of rotatable bonds is 4. The Hall–Kier alpha value is -1.97. The van der Waals surface area contributed by atoms with Gasteiger partial charge in [0.05, 0.1) is 21.3 Å². The minimum atomic E-state index is 0.612. The highest BCUT2D eigenvalue weighted by molar-refractivity contribution is 5.94. The maximum Gasteiger partial charge on any atom is 0.203 e. The van der Waals surface area contributed by atoms with Gasteiger partial charge < -0.3 is 14.2 Å². The van der Waals surface area contributed by atoms with E-state index in [0.717, 1.165) is 22.9 Å². The number of aromatic nitrogens is 1. The van der Waals surface area contributed by atoms with Crippen molar-refractivity contribution in [3.8, 4) is 17.2 Å². The van der Waals surface area contributed by atoms with Crippen molar-refractivity contribution in [2.75, 3.05) is 21.3 Å². The Kier molecular flexibility index (Phi) is 3.55. The van der Waals surface area contributed by atoms with Gasteiger partial charge in [-0.1, -0.05) is 6.92 Å². The first-order chi connectivity index (χ1) is 8.76. The quantitative estimate of drug-likeness (QED) is 0.833. The van der Waals surface area contributed by atoms with Gasteiger partial charge in [0.25, 0.3) is 0 Å². The molecule has 0 saturated carbocycles. The summed E-state index contributed by atoms with van der Waals surface area (Å²) < 4.78 is 16.2. The molecule has 0 N–H and O–H groups in total. The van der Waals surface area contributed by atoms with Gasteiger partial charge in [-0.3, -0.25) is 4.98 Å². The largest absolute Gasteiger partial charge is 0.493 e. The lowest BCUT2D eigenvalue weighted by atomic mass is 10.1. The summed E-state index contributed by atoms with van der Waals surface area (Å²) in [5, 5.41) is 2.02. The van der Waals surface area contributed by atoms with Gasteiger partial charge in [-0.2, -0.15) is 0 Å². The van der Waals surface area contributed by atoms with Crippen LogP contribution in [-0.2, 0) is 6.42 Å². The summed E-state index contributed by atoms with van der Waals surface area (Å²) >= 11 is 0. The van der Waals surface area contributed by atoms with Gasteiger partial charge in [-0.05, 0) is 18.6 Å². The molecule has 0 saturated heterocycles. The summed E-state index contributed by atoms with van der Waals surface area (Å²) in [6, 6.07) is 3.87. The van der Waals surface area contributed by atoms with E-state index in [-0.39, 0.29) is 0 Å². The van der Waals surface area contributed by atoms with Crippen molar-refractivity contribution in [3.05, 3.63) is 24.0 Å². The van der Waals surface area contributed by atoms with E-state index in [1.54, 1.807) is 27.5 Å². The Bertz CT molecular complexity index is 566. The van der Waals surface area contributed by atoms with Gasteiger partial charge in [0.15, 0.2) is 11.5 Å². The van der Waals surface area contributed by atoms with Crippen LogP contribution in [0, 0.1) is 0 Å². The van der Waals surface area contributed by atoms with Crippen molar-refractivity contribution in [2.45, 2.75) is 13.3 Å². The van der Waals surface area contributed by atoms with Gasteiger partial charge in [-0.15, -0.1) is 0 Å². The van der Waals surface area contributed by atoms with Crippen LogP contribution in [0.15, 0.2) is 18.3 Å². The normalized spacial score (nSPS) is 10.4. The van der Waals surface area contributed by atoms with E-state index in [1.165, 1.54) is 0 Å². The summed E-state index contributed by atoms with van der Waals surface area (Å²) in [6.45, 7) is 2.07. The third kappa shape index (κ3) is 1.83. The lowest BCUT2D eigenvalue weighted by molar-refractivity contribution is 0.327. The van der Waals surface area contributed by atoms with Gasteiger partial charge >= 0.3 is 0 Å². The first-order valence-electron chi connectivity index (χ1n) is 5.83. The zero-order valence-electron chi connectivity index (χ0n) is 11.1. The Balaban J connectivity index is 2.87. The average molecular weight is 247 g/mol. The second-order valence-corrected chi connectivity index (χ2v) is 3.85. The molecule has 4 nitrogen and oxygen atoms in total. The standard InChI is InChI=1S/C14H17NO3/c1-5-11-10-8-12(16-2)14(18-4)13(17-3)9(10)6-7-15-11/h6-8H,5H2,1-4H3. The third-order valence-corrected chi connectivity index (χ3v) is 2.99. The molecule has 2 aromatic rings. The fourth-order valence-corrected chi connectivity index (χ4v) is 2.14. The van der Waals surface area contributed by atoms with E-state index < -0.39 is 0 Å². The fourth-order valence-electron chi connectivity index (χ4n) is 2.14. The van der Waals surface area contributed by atoms with E-state index in [1.807, 2.05) is 12.1 Å². The van der Waals surface area contributed by atoms with Crippen LogP contribution in [0.3, 0.4) is 0 Å². The molecule has 4 heteroatoms. The second-order valence-electron chi connectivity index (χ2n) is 3.85. The Morgan fingerprint density at radius 1 is 1.00 bits per heavy atom. The third-order valence-electron chi connectivity index (χ3n) is 2.99. The highest BCUT2D eigenvalue weighted by Gasteiger charge is 2.17. The monoisotopic (exact) mass is 247 g/mol. The topological polar surface area (TPSA) is 40.6 Å². The number of pyridine rings is 1. The molecule has 0 aliphatic carbocycles. The van der Waals surface area contributed by atoms with Crippen molar-refractivity contribution in [1.29, 1.82) is 0 Å². The minimum Gasteiger partial charge on any atom is -0.493 e. The Labute approximate surface area is 106 Å². The number of aryl methyl sites for hydroxylation is 1. The molecule has 96 valence electrons. The molecule has 0 aliphatic rings. The van der Waals surface area contributed by atoms with Gasteiger partial charge in [0.1, 0.15) is 0 Å². The summed E-state index contributed by atoms with van der Waals surface area (Å²) in [5.74, 6) is 1.95. The number of methoxy groups -OCH3 is 3. The van der Waals surface area contributed by atoms with Gasteiger partial charge in [0.2, 0.25) is 5.75 Å². The molecule has 0 fully saturated rings. The lowest BCUT2D eigenvalue weighted by Crippen LogP contribution is -1.98. The van der Waals surface area contributed by atoms with Crippen molar-refractivity contribution in [2.24, 2.45) is 0 Å². The number of ether oxygens (including phenoxy) is 3. The molecular weight excluding hydrogens is 230 g/mol. The van der Waals surface area contributed by atoms with E-state index >= 15 is 0 Å². The first kappa shape index (κ1) is 12.5. The van der Waals surface area contributed by atoms with Crippen LogP contribution in [-0.4, -0.2) is 26.3 Å². The van der Waals surface area contributed by atoms with E-state index in [2.05, 4.69) is 11.9 Å². The SMILES string of the molecule is CCc1nccc2c(OC)c(OC)c(OC)cc12. The molecule has 0 spiro atoms. The van der Waals surface area contributed by atoms with Crippen LogP contribution >= 0.6 is 0 Å². The highest BCUT2D eigenvalue weighted by atomic mass is 16.5. The molecule has 0 radical (unpaired) electrons. The molecule has 1 aromatic carbocycles. The maximum absolute atomic E-state index is 5.46.